The molecule has 10 fully saturated rings. The summed E-state index contributed by atoms with van der Waals surface area (Å²) < 4.78 is 113. The number of amides is 5. The van der Waals surface area contributed by atoms with Crippen molar-refractivity contribution in [3.8, 4) is 0 Å². The number of carboxylic acid groups (broad SMARTS) is 1. The molecule has 10 aliphatic rings. The number of rotatable bonds is 35. The first-order valence-corrected chi connectivity index (χ1v) is 41.6. The fourth-order valence-corrected chi connectivity index (χ4v) is 16.9. The fourth-order valence-electron chi connectivity index (χ4n) is 16.9. The van der Waals surface area contributed by atoms with Gasteiger partial charge in [-0.25, -0.2) is 4.79 Å². The predicted octanol–water partition coefficient (Wildman–Crippen LogP) is -21.9. The van der Waals surface area contributed by atoms with Crippen molar-refractivity contribution < 1.29 is 262 Å². The van der Waals surface area contributed by atoms with Gasteiger partial charge in [0, 0.05) is 41.0 Å². The van der Waals surface area contributed by atoms with Crippen LogP contribution in [0, 0.1) is 0 Å². The summed E-state index contributed by atoms with van der Waals surface area (Å²) in [5, 5.41) is 327. The standard InChI is InChI=1S/C73H121N5O53/c1-17-38(93)49(104)52(107)67(115-17)113-16-32-56(47(102)34(63(110)116-32)75-19(3)87)124-65-36(77-21(5)89)48(103)55(30(14-85)122-65)125-68-53(108)59(127-71-62(51(106)42(97)27(11-82)121-71)129-64-35(76-20(4)88)46(101)40(95)25(9-80)117-64)45(100)31(123-68)15-114-70-61(50(105)41(96)26(10-81)120-70)128-66-37(78-22(6)90)57(43(98)28(12-83)118-66)126-69-54(109)60(44(99)29(13-84)119-69)131-73(72(111)112)7-23(91)33(74-18(2)86)58(130-73)39(94)24(92)8-79/h17,23-71,79-85,91-110H,7-16H2,1-6H3,(H,74,86)(H,75,87)(H,76,88)(H,77,89)(H,78,90)(H,111,112)/t17-,23-,24+,25+,26+,27+,28+,29+,30+,31+,32+,33+,34+,35+,36+,37+,38+,39+,40+,41+,42+,43+,44-,45+,46+,47+,48+,49+,50-,51-,52-,53-,54+,55+,56+,57+,58+,59-,60-,61-,62-,63?,64-,65-,66-,67+,68-,69-,70-,71+,73-/m0/s1. The molecule has 0 aliphatic carbocycles. The van der Waals surface area contributed by atoms with Gasteiger partial charge in [0.1, 0.15) is 232 Å². The van der Waals surface area contributed by atoms with E-state index in [0.29, 0.717) is 0 Å². The first kappa shape index (κ1) is 108. The van der Waals surface area contributed by atoms with E-state index in [1.165, 1.54) is 6.92 Å². The fraction of sp³-hybridized carbons (Fsp3) is 0.918. The van der Waals surface area contributed by atoms with E-state index in [4.69, 9.17) is 90.0 Å². The first-order valence-electron chi connectivity index (χ1n) is 41.6. The van der Waals surface area contributed by atoms with Crippen LogP contribution in [-0.4, -0.2) is 550 Å². The van der Waals surface area contributed by atoms with Crippen molar-refractivity contribution in [2.24, 2.45) is 0 Å². The Morgan fingerprint density at radius 1 is 0.328 bits per heavy atom. The van der Waals surface area contributed by atoms with Crippen LogP contribution in [-0.2, 0) is 119 Å². The molecule has 131 heavy (non-hydrogen) atoms. The molecule has 0 spiro atoms. The largest absolute Gasteiger partial charge is 0.477 e. The first-order chi connectivity index (χ1) is 61.7. The quantitative estimate of drug-likeness (QED) is 0.0280. The minimum absolute atomic E-state index is 0.857. The van der Waals surface area contributed by atoms with Gasteiger partial charge in [-0.2, -0.15) is 0 Å². The number of hydrogen-bond acceptors (Lipinski definition) is 52. The summed E-state index contributed by atoms with van der Waals surface area (Å²) in [5.74, 6) is -10.3. The van der Waals surface area contributed by atoms with Crippen molar-refractivity contribution in [3.05, 3.63) is 0 Å². The lowest BCUT2D eigenvalue weighted by molar-refractivity contribution is -0.397. The van der Waals surface area contributed by atoms with Gasteiger partial charge in [-0.05, 0) is 6.92 Å². The monoisotopic (exact) mass is 1920 g/mol. The maximum absolute atomic E-state index is 13.4. The van der Waals surface area contributed by atoms with Crippen LogP contribution in [0.3, 0.4) is 0 Å². The summed E-state index contributed by atoms with van der Waals surface area (Å²) in [5.41, 5.74) is 0. The third-order valence-corrected chi connectivity index (χ3v) is 23.8. The van der Waals surface area contributed by atoms with Crippen molar-refractivity contribution >= 4 is 35.5 Å². The molecule has 10 heterocycles. The SMILES string of the molecule is CC(=O)N[C@H]1[C@H](O[C@H]2[C@H](O)[C@@H](NC(C)=O)C(O)O[C@@H]2CO[C@@H]2O[C@@H](C)[C@@H](O)[C@@H](O)[C@@H]2O)O[C@H](CO)[C@@H](O[C@@H]2O[C@H](CO[C@H]3O[C@H](CO)[C@@H](O)[C@H](O)[C@@H]3O[C@@H]3O[C@H](CO)[C@@H](O)[C@H](O[C@@H]4O[C@H](CO)[C@H](O)[C@H](O[C@]5(C(=O)O)C[C@H](O)[C@@H](NC(C)=O)[C@H]([C@H](O)[C@H](O)CO)O5)[C@H]4O)[C@H]3NC(C)=O)[C@@H](O)[C@H](O[C@H]3O[C@H](CO)[C@@H](O)[C@H](O)[C@@H]3O[C@@H]3O[C@H](CO)[C@@H](O)[C@H](O)[C@H]3NC(C)=O)[C@@H]2O)[C@@H]1O. The number of carbonyl (C=O) groups is 6. The topological polar surface area (TPSA) is 904 Å². The van der Waals surface area contributed by atoms with Gasteiger partial charge >= 0.3 is 5.97 Å². The third kappa shape index (κ3) is 24.1. The van der Waals surface area contributed by atoms with E-state index < -0.39 is 414 Å². The highest BCUT2D eigenvalue weighted by molar-refractivity contribution is 5.77. The highest BCUT2D eigenvalue weighted by atomic mass is 16.8. The molecule has 10 rings (SSSR count). The lowest BCUT2D eigenvalue weighted by Crippen LogP contribution is -2.71. The molecule has 756 valence electrons. The van der Waals surface area contributed by atoms with Gasteiger partial charge in [0.15, 0.2) is 56.6 Å². The second kappa shape index (κ2) is 46.6. The van der Waals surface area contributed by atoms with Crippen molar-refractivity contribution in [2.75, 3.05) is 59.5 Å². The molecule has 33 N–H and O–H groups in total. The van der Waals surface area contributed by atoms with E-state index >= 15 is 0 Å². The zero-order valence-electron chi connectivity index (χ0n) is 70.7. The molecule has 0 aromatic heterocycles. The van der Waals surface area contributed by atoms with E-state index in [1.54, 1.807) is 0 Å². The minimum Gasteiger partial charge on any atom is -0.477 e. The number of nitrogens with one attached hydrogen (secondary N) is 5. The molecule has 5 amide bonds. The van der Waals surface area contributed by atoms with Crippen LogP contribution >= 0.6 is 0 Å². The second-order valence-corrected chi connectivity index (χ2v) is 33.2. The number of aliphatic hydroxyl groups is 27. The lowest BCUT2D eigenvalue weighted by Gasteiger charge is -2.51. The Hall–Kier alpha value is -5.02. The van der Waals surface area contributed by atoms with Crippen molar-refractivity contribution in [1.29, 1.82) is 0 Å². The molecule has 0 aromatic carbocycles. The molecular weight excluding hydrogens is 1790 g/mol. The molecule has 10 saturated heterocycles. The van der Waals surface area contributed by atoms with Gasteiger partial charge < -0.3 is 260 Å². The second-order valence-electron chi connectivity index (χ2n) is 33.2. The van der Waals surface area contributed by atoms with Crippen LogP contribution in [0.4, 0.5) is 0 Å². The Kier molecular flexibility index (Phi) is 38.4. The highest BCUT2D eigenvalue weighted by Crippen LogP contribution is 2.43. The molecule has 58 nitrogen and oxygen atoms in total. The number of ether oxygens (including phenoxy) is 19. The smallest absolute Gasteiger partial charge is 0.364 e. The van der Waals surface area contributed by atoms with Crippen molar-refractivity contribution in [3.63, 3.8) is 0 Å². The minimum atomic E-state index is -3.35. The van der Waals surface area contributed by atoms with Gasteiger partial charge in [0.25, 0.3) is 5.79 Å². The number of aliphatic hydroxyl groups excluding tert-OH is 27. The van der Waals surface area contributed by atoms with Crippen LogP contribution in [0.5, 0.6) is 0 Å². The van der Waals surface area contributed by atoms with Crippen molar-refractivity contribution in [1.82, 2.24) is 26.6 Å². The zero-order valence-corrected chi connectivity index (χ0v) is 70.7. The summed E-state index contributed by atoms with van der Waals surface area (Å²) in [4.78, 5) is 77.4. The van der Waals surface area contributed by atoms with E-state index in [2.05, 4.69) is 26.6 Å². The zero-order chi connectivity index (χ0) is 96.9. The summed E-state index contributed by atoms with van der Waals surface area (Å²) in [6.07, 6.45) is -99.1. The molecule has 51 atom stereocenters. The van der Waals surface area contributed by atoms with Gasteiger partial charge in [-0.15, -0.1) is 0 Å². The number of hydrogen-bond donors (Lipinski definition) is 33. The Bertz CT molecular complexity index is 3670. The molecule has 0 saturated carbocycles. The molecule has 1 unspecified atom stereocenters. The third-order valence-electron chi connectivity index (χ3n) is 23.8. The predicted molar refractivity (Wildman–Crippen MR) is 403 cm³/mol. The molecule has 58 heteroatoms. The normalized spacial score (nSPS) is 47.5. The van der Waals surface area contributed by atoms with Gasteiger partial charge in [0.2, 0.25) is 29.5 Å². The van der Waals surface area contributed by atoms with E-state index in [0.717, 1.165) is 34.6 Å². The Morgan fingerprint density at radius 3 is 1.21 bits per heavy atom. The average Bonchev–Trinajstić information content (AvgIpc) is 0.760. The van der Waals surface area contributed by atoms with Gasteiger partial charge in [-0.3, -0.25) is 24.0 Å². The molecule has 0 aromatic rings. The number of carbonyl (C=O) groups excluding carboxylic acids is 5. The molecular formula is C73H121N5O53. The highest BCUT2D eigenvalue weighted by Gasteiger charge is 2.64. The summed E-state index contributed by atoms with van der Waals surface area (Å²) in [6.45, 7) is -4.72. The maximum atomic E-state index is 13.4. The number of aliphatic carboxylic acids is 1. The van der Waals surface area contributed by atoms with Crippen LogP contribution in [0.2, 0.25) is 0 Å². The van der Waals surface area contributed by atoms with Crippen LogP contribution in [0.15, 0.2) is 0 Å². The molecule has 0 bridgehead atoms. The van der Waals surface area contributed by atoms with Crippen LogP contribution in [0.25, 0.3) is 0 Å². The van der Waals surface area contributed by atoms with Crippen LogP contribution < -0.4 is 26.6 Å². The van der Waals surface area contributed by atoms with Gasteiger partial charge in [0.05, 0.1) is 77.7 Å². The number of carboxylic acids is 1. The average molecular weight is 1920 g/mol. The van der Waals surface area contributed by atoms with Crippen molar-refractivity contribution in [2.45, 2.75) is 360 Å². The summed E-state index contributed by atoms with van der Waals surface area (Å²) in [7, 11) is 0. The van der Waals surface area contributed by atoms with Gasteiger partial charge in [-0.1, -0.05) is 0 Å². The van der Waals surface area contributed by atoms with Crippen LogP contribution in [0.1, 0.15) is 48.0 Å². The summed E-state index contributed by atoms with van der Waals surface area (Å²) >= 11 is 0. The van der Waals surface area contributed by atoms with E-state index in [9.17, 15) is 172 Å². The molecule has 10 aliphatic heterocycles. The Labute approximate surface area is 741 Å². The van der Waals surface area contributed by atoms with E-state index in [-0.39, 0.29) is 0 Å². The Balaban J connectivity index is 0.983. The molecule has 0 radical (unpaired) electrons. The maximum Gasteiger partial charge on any atom is 0.364 e. The lowest BCUT2D eigenvalue weighted by atomic mass is 9.88. The summed E-state index contributed by atoms with van der Waals surface area (Å²) in [6, 6.07) is -9.57. The van der Waals surface area contributed by atoms with E-state index in [1.807, 2.05) is 0 Å². The Morgan fingerprint density at radius 2 is 0.695 bits per heavy atom.